The average molecular weight is 301 g/mol. The Bertz CT molecular complexity index is 383. The molecule has 1 atom stereocenters. The zero-order chi connectivity index (χ0) is 13.7. The summed E-state index contributed by atoms with van der Waals surface area (Å²) < 4.78 is 0. The van der Waals surface area contributed by atoms with Crippen LogP contribution in [0.2, 0.25) is 10.0 Å². The number of halogens is 2. The standard InChI is InChI=1S/C15H22Cl2N2/c1-2-19(10-12-6-3-4-9-18-12)11-13-14(16)7-5-8-15(13)17/h5,7-8,12,18H,2-4,6,9-11H2,1H3. The monoisotopic (exact) mass is 300 g/mol. The molecule has 106 valence electrons. The molecule has 0 saturated carbocycles. The van der Waals surface area contributed by atoms with Crippen LogP contribution < -0.4 is 5.32 Å². The molecule has 1 fully saturated rings. The largest absolute Gasteiger partial charge is 0.313 e. The summed E-state index contributed by atoms with van der Waals surface area (Å²) in [6.45, 7) is 6.24. The summed E-state index contributed by atoms with van der Waals surface area (Å²) in [6.07, 6.45) is 3.91. The average Bonchev–Trinajstić information content (AvgIpc) is 2.43. The number of likely N-dealkylation sites (N-methyl/N-ethyl adjacent to an activating group) is 1. The number of piperidine rings is 1. The van der Waals surface area contributed by atoms with E-state index in [-0.39, 0.29) is 0 Å². The summed E-state index contributed by atoms with van der Waals surface area (Å²) in [5, 5.41) is 5.12. The molecule has 2 rings (SSSR count). The van der Waals surface area contributed by atoms with E-state index in [0.29, 0.717) is 6.04 Å². The first-order valence-electron chi connectivity index (χ1n) is 7.09. The molecule has 1 unspecified atom stereocenters. The summed E-state index contributed by atoms with van der Waals surface area (Å²) in [4.78, 5) is 2.41. The van der Waals surface area contributed by atoms with Gasteiger partial charge in [-0.1, -0.05) is 42.6 Å². The quantitative estimate of drug-likeness (QED) is 0.885. The van der Waals surface area contributed by atoms with E-state index in [1.165, 1.54) is 19.3 Å². The Hall–Kier alpha value is -0.280. The van der Waals surface area contributed by atoms with E-state index in [1.807, 2.05) is 18.2 Å². The number of rotatable bonds is 5. The summed E-state index contributed by atoms with van der Waals surface area (Å²) >= 11 is 12.5. The van der Waals surface area contributed by atoms with Crippen molar-refractivity contribution in [3.63, 3.8) is 0 Å². The van der Waals surface area contributed by atoms with Crippen molar-refractivity contribution in [3.05, 3.63) is 33.8 Å². The molecule has 19 heavy (non-hydrogen) atoms. The fraction of sp³-hybridized carbons (Fsp3) is 0.600. The fourth-order valence-corrected chi connectivity index (χ4v) is 3.12. The predicted molar refractivity (Wildman–Crippen MR) is 83.1 cm³/mol. The zero-order valence-corrected chi connectivity index (χ0v) is 13.0. The molecule has 1 N–H and O–H groups in total. The number of nitrogens with one attached hydrogen (secondary N) is 1. The van der Waals surface area contributed by atoms with E-state index in [1.54, 1.807) is 0 Å². The van der Waals surface area contributed by atoms with Crippen LogP contribution in [0, 0.1) is 0 Å². The molecular weight excluding hydrogens is 279 g/mol. The van der Waals surface area contributed by atoms with Crippen LogP contribution in [0.3, 0.4) is 0 Å². The topological polar surface area (TPSA) is 15.3 Å². The molecule has 4 heteroatoms. The van der Waals surface area contributed by atoms with E-state index >= 15 is 0 Å². The molecule has 0 bridgehead atoms. The number of hydrogen-bond acceptors (Lipinski definition) is 2. The van der Waals surface area contributed by atoms with Crippen LogP contribution in [0.1, 0.15) is 31.7 Å². The van der Waals surface area contributed by atoms with Gasteiger partial charge in [0.25, 0.3) is 0 Å². The van der Waals surface area contributed by atoms with E-state index in [0.717, 1.165) is 41.8 Å². The minimum atomic E-state index is 0.606. The maximum atomic E-state index is 6.25. The Labute approximate surface area is 126 Å². The molecule has 2 nitrogen and oxygen atoms in total. The molecule has 1 aromatic rings. The van der Waals surface area contributed by atoms with Gasteiger partial charge >= 0.3 is 0 Å². The normalized spacial score (nSPS) is 19.9. The summed E-state index contributed by atoms with van der Waals surface area (Å²) in [5.74, 6) is 0. The second-order valence-corrected chi connectivity index (χ2v) is 5.99. The molecule has 1 aliphatic rings. The molecule has 0 aliphatic carbocycles. The van der Waals surface area contributed by atoms with Gasteiger partial charge < -0.3 is 5.32 Å². The van der Waals surface area contributed by atoms with Gasteiger partial charge in [0, 0.05) is 34.7 Å². The molecule has 0 radical (unpaired) electrons. The second-order valence-electron chi connectivity index (χ2n) is 5.17. The Morgan fingerprint density at radius 2 is 2.00 bits per heavy atom. The smallest absolute Gasteiger partial charge is 0.0465 e. The van der Waals surface area contributed by atoms with Gasteiger partial charge in [-0.2, -0.15) is 0 Å². The van der Waals surface area contributed by atoms with E-state index in [9.17, 15) is 0 Å². The van der Waals surface area contributed by atoms with E-state index < -0.39 is 0 Å². The molecule has 0 amide bonds. The van der Waals surface area contributed by atoms with Crippen LogP contribution in [0.4, 0.5) is 0 Å². The van der Waals surface area contributed by atoms with Gasteiger partial charge in [0.2, 0.25) is 0 Å². The van der Waals surface area contributed by atoms with Gasteiger partial charge in [-0.25, -0.2) is 0 Å². The van der Waals surface area contributed by atoms with Gasteiger partial charge in [0.05, 0.1) is 0 Å². The first-order chi connectivity index (χ1) is 9.20. The van der Waals surface area contributed by atoms with Gasteiger partial charge in [0.15, 0.2) is 0 Å². The van der Waals surface area contributed by atoms with Gasteiger partial charge in [-0.3, -0.25) is 4.90 Å². The number of nitrogens with zero attached hydrogens (tertiary/aromatic N) is 1. The molecule has 1 heterocycles. The first-order valence-corrected chi connectivity index (χ1v) is 7.85. The highest BCUT2D eigenvalue weighted by Crippen LogP contribution is 2.25. The molecule has 1 aliphatic heterocycles. The van der Waals surface area contributed by atoms with E-state index in [4.69, 9.17) is 23.2 Å². The van der Waals surface area contributed by atoms with Crippen molar-refractivity contribution in [2.24, 2.45) is 0 Å². The van der Waals surface area contributed by atoms with Crippen LogP contribution in [0.15, 0.2) is 18.2 Å². The fourth-order valence-electron chi connectivity index (χ4n) is 2.60. The highest BCUT2D eigenvalue weighted by molar-refractivity contribution is 6.35. The molecular formula is C15H22Cl2N2. The van der Waals surface area contributed by atoms with Gasteiger partial charge in [-0.15, -0.1) is 0 Å². The molecule has 0 aromatic heterocycles. The third-order valence-corrected chi connectivity index (χ3v) is 4.49. The summed E-state index contributed by atoms with van der Waals surface area (Å²) in [5.41, 5.74) is 1.04. The van der Waals surface area contributed by atoms with Crippen molar-refractivity contribution in [2.45, 2.75) is 38.8 Å². The minimum absolute atomic E-state index is 0.606. The van der Waals surface area contributed by atoms with E-state index in [2.05, 4.69) is 17.1 Å². The van der Waals surface area contributed by atoms with Crippen LogP contribution in [-0.2, 0) is 6.54 Å². The Balaban J connectivity index is 1.98. The Morgan fingerprint density at radius 3 is 2.58 bits per heavy atom. The summed E-state index contributed by atoms with van der Waals surface area (Å²) in [6, 6.07) is 6.33. The lowest BCUT2D eigenvalue weighted by atomic mass is 10.0. The maximum absolute atomic E-state index is 6.25. The van der Waals surface area contributed by atoms with Crippen LogP contribution in [0.5, 0.6) is 0 Å². The first kappa shape index (κ1) is 15.1. The van der Waals surface area contributed by atoms with Crippen molar-refractivity contribution in [1.82, 2.24) is 10.2 Å². The Morgan fingerprint density at radius 1 is 1.26 bits per heavy atom. The van der Waals surface area contributed by atoms with Crippen molar-refractivity contribution in [1.29, 1.82) is 0 Å². The SMILES string of the molecule is CCN(Cc1c(Cl)cccc1Cl)CC1CCCCN1. The zero-order valence-electron chi connectivity index (χ0n) is 11.5. The van der Waals surface area contributed by atoms with Crippen molar-refractivity contribution < 1.29 is 0 Å². The number of hydrogen-bond donors (Lipinski definition) is 1. The van der Waals surface area contributed by atoms with Gasteiger partial charge in [0.1, 0.15) is 0 Å². The highest BCUT2D eigenvalue weighted by atomic mass is 35.5. The third-order valence-electron chi connectivity index (χ3n) is 3.78. The van der Waals surface area contributed by atoms with Crippen LogP contribution >= 0.6 is 23.2 Å². The lowest BCUT2D eigenvalue weighted by Gasteiger charge is -2.30. The van der Waals surface area contributed by atoms with Crippen LogP contribution in [0.25, 0.3) is 0 Å². The van der Waals surface area contributed by atoms with Crippen molar-refractivity contribution in [2.75, 3.05) is 19.6 Å². The highest BCUT2D eigenvalue weighted by Gasteiger charge is 2.17. The molecule has 1 aromatic carbocycles. The minimum Gasteiger partial charge on any atom is -0.313 e. The summed E-state index contributed by atoms with van der Waals surface area (Å²) in [7, 11) is 0. The lowest BCUT2D eigenvalue weighted by molar-refractivity contribution is 0.226. The molecule has 1 saturated heterocycles. The second kappa shape index (κ2) is 7.49. The molecule has 0 spiro atoms. The maximum Gasteiger partial charge on any atom is 0.0465 e. The van der Waals surface area contributed by atoms with Crippen molar-refractivity contribution >= 4 is 23.2 Å². The number of benzene rings is 1. The van der Waals surface area contributed by atoms with Crippen LogP contribution in [-0.4, -0.2) is 30.6 Å². The lowest BCUT2D eigenvalue weighted by Crippen LogP contribution is -2.43. The van der Waals surface area contributed by atoms with Crippen molar-refractivity contribution in [3.8, 4) is 0 Å². The predicted octanol–water partition coefficient (Wildman–Crippen LogP) is 3.96. The Kier molecular flexibility index (Phi) is 5.96. The third kappa shape index (κ3) is 4.35. The van der Waals surface area contributed by atoms with Gasteiger partial charge in [-0.05, 0) is 38.1 Å².